The van der Waals surface area contributed by atoms with E-state index in [1.54, 1.807) is 16.7 Å². The Bertz CT molecular complexity index is 412. The van der Waals surface area contributed by atoms with Crippen molar-refractivity contribution in [3.05, 3.63) is 0 Å². The first-order valence-corrected chi connectivity index (χ1v) is 8.27. The monoisotopic (exact) mass is 327 g/mol. The Morgan fingerprint density at radius 1 is 1.30 bits per heavy atom. The van der Waals surface area contributed by atoms with Gasteiger partial charge in [-0.3, -0.25) is 14.6 Å². The molecule has 8 nitrogen and oxygen atoms in total. The van der Waals surface area contributed by atoms with Crippen molar-refractivity contribution in [1.29, 1.82) is 0 Å². The SMILES string of the molecule is CC1C(=O)N(CCN(C)C)CN1C(=O)NCCN1CCOCC1. The molecule has 0 aromatic carbocycles. The fourth-order valence-corrected chi connectivity index (χ4v) is 2.76. The van der Waals surface area contributed by atoms with E-state index < -0.39 is 0 Å². The Balaban J connectivity index is 1.74. The van der Waals surface area contributed by atoms with Gasteiger partial charge >= 0.3 is 6.03 Å². The van der Waals surface area contributed by atoms with Crippen molar-refractivity contribution >= 4 is 11.9 Å². The quantitative estimate of drug-likeness (QED) is 0.683. The highest BCUT2D eigenvalue weighted by Crippen LogP contribution is 2.14. The molecule has 2 saturated heterocycles. The number of amides is 3. The van der Waals surface area contributed by atoms with Crippen LogP contribution in [0.2, 0.25) is 0 Å². The van der Waals surface area contributed by atoms with Crippen LogP contribution in [0.25, 0.3) is 0 Å². The predicted octanol–water partition coefficient (Wildman–Crippen LogP) is -0.920. The average molecular weight is 327 g/mol. The van der Waals surface area contributed by atoms with Crippen LogP contribution < -0.4 is 5.32 Å². The first kappa shape index (κ1) is 18.0. The van der Waals surface area contributed by atoms with Crippen molar-refractivity contribution in [1.82, 2.24) is 24.9 Å². The van der Waals surface area contributed by atoms with E-state index in [1.165, 1.54) is 0 Å². The molecule has 2 heterocycles. The third-order valence-corrected chi connectivity index (χ3v) is 4.35. The summed E-state index contributed by atoms with van der Waals surface area (Å²) in [4.78, 5) is 32.2. The van der Waals surface area contributed by atoms with Gasteiger partial charge in [0, 0.05) is 39.3 Å². The Morgan fingerprint density at radius 2 is 2.00 bits per heavy atom. The molecule has 2 aliphatic heterocycles. The highest BCUT2D eigenvalue weighted by Gasteiger charge is 2.37. The lowest BCUT2D eigenvalue weighted by atomic mass is 10.3. The lowest BCUT2D eigenvalue weighted by Crippen LogP contribution is -2.46. The minimum atomic E-state index is -0.388. The van der Waals surface area contributed by atoms with Gasteiger partial charge in [-0.05, 0) is 21.0 Å². The molecule has 0 aromatic heterocycles. The standard InChI is InChI=1S/C15H29N5O3/c1-13-14(21)19(7-6-17(2)3)12-20(13)15(22)16-4-5-18-8-10-23-11-9-18/h13H,4-12H2,1-3H3,(H,16,22). The van der Waals surface area contributed by atoms with Crippen molar-refractivity contribution in [2.24, 2.45) is 0 Å². The molecule has 0 bridgehead atoms. The summed E-state index contributed by atoms with van der Waals surface area (Å²) in [5, 5.41) is 2.92. The molecule has 2 rings (SSSR count). The summed E-state index contributed by atoms with van der Waals surface area (Å²) >= 11 is 0. The van der Waals surface area contributed by atoms with Crippen molar-refractivity contribution in [3.8, 4) is 0 Å². The van der Waals surface area contributed by atoms with Crippen LogP contribution in [-0.4, -0.2) is 111 Å². The number of urea groups is 1. The largest absolute Gasteiger partial charge is 0.379 e. The van der Waals surface area contributed by atoms with Crippen LogP contribution in [0.3, 0.4) is 0 Å². The normalized spacial score (nSPS) is 23.0. The molecule has 1 N–H and O–H groups in total. The molecule has 0 aliphatic carbocycles. The highest BCUT2D eigenvalue weighted by atomic mass is 16.5. The fraction of sp³-hybridized carbons (Fsp3) is 0.867. The summed E-state index contributed by atoms with van der Waals surface area (Å²) in [6.45, 7) is 8.34. The lowest BCUT2D eigenvalue weighted by Gasteiger charge is -2.27. The number of morpholine rings is 1. The van der Waals surface area contributed by atoms with Crippen LogP contribution >= 0.6 is 0 Å². The molecule has 0 radical (unpaired) electrons. The molecule has 0 spiro atoms. The zero-order chi connectivity index (χ0) is 16.8. The fourth-order valence-electron chi connectivity index (χ4n) is 2.76. The number of rotatable bonds is 6. The maximum Gasteiger partial charge on any atom is 0.319 e. The molecular weight excluding hydrogens is 298 g/mol. The van der Waals surface area contributed by atoms with Crippen LogP contribution in [0.1, 0.15) is 6.92 Å². The van der Waals surface area contributed by atoms with Crippen molar-refractivity contribution < 1.29 is 14.3 Å². The third-order valence-electron chi connectivity index (χ3n) is 4.35. The Kier molecular flexibility index (Phi) is 6.61. The number of carbonyl (C=O) groups is 2. The van der Waals surface area contributed by atoms with E-state index in [4.69, 9.17) is 4.74 Å². The summed E-state index contributed by atoms with van der Waals surface area (Å²) in [6, 6.07) is -0.549. The number of nitrogens with one attached hydrogen (secondary N) is 1. The summed E-state index contributed by atoms with van der Waals surface area (Å²) < 4.78 is 5.30. The number of likely N-dealkylation sites (N-methyl/N-ethyl adjacent to an activating group) is 1. The van der Waals surface area contributed by atoms with Gasteiger partial charge in [0.25, 0.3) is 0 Å². The Morgan fingerprint density at radius 3 is 2.65 bits per heavy atom. The summed E-state index contributed by atoms with van der Waals surface area (Å²) in [5.74, 6) is 0.0233. The second-order valence-corrected chi connectivity index (χ2v) is 6.38. The van der Waals surface area contributed by atoms with Crippen LogP contribution in [0.4, 0.5) is 4.79 Å². The molecule has 0 aromatic rings. The molecular formula is C15H29N5O3. The van der Waals surface area contributed by atoms with Crippen LogP contribution in [0.5, 0.6) is 0 Å². The van der Waals surface area contributed by atoms with E-state index in [-0.39, 0.29) is 18.0 Å². The zero-order valence-corrected chi connectivity index (χ0v) is 14.5. The summed E-state index contributed by atoms with van der Waals surface area (Å²) in [7, 11) is 3.94. The van der Waals surface area contributed by atoms with Gasteiger partial charge in [0.1, 0.15) is 6.04 Å². The van der Waals surface area contributed by atoms with Gasteiger partial charge in [0.15, 0.2) is 0 Å². The molecule has 1 atom stereocenters. The second kappa shape index (κ2) is 8.47. The minimum absolute atomic E-state index is 0.0233. The smallest absolute Gasteiger partial charge is 0.319 e. The van der Waals surface area contributed by atoms with E-state index in [1.807, 2.05) is 19.0 Å². The zero-order valence-electron chi connectivity index (χ0n) is 14.5. The molecule has 0 saturated carbocycles. The number of ether oxygens (including phenoxy) is 1. The number of hydrogen-bond acceptors (Lipinski definition) is 5. The van der Waals surface area contributed by atoms with E-state index in [2.05, 4.69) is 10.2 Å². The van der Waals surface area contributed by atoms with Gasteiger partial charge in [0.05, 0.1) is 19.9 Å². The van der Waals surface area contributed by atoms with Gasteiger partial charge < -0.3 is 19.9 Å². The van der Waals surface area contributed by atoms with Gasteiger partial charge in [-0.25, -0.2) is 4.79 Å². The van der Waals surface area contributed by atoms with Crippen molar-refractivity contribution in [2.45, 2.75) is 13.0 Å². The number of carbonyl (C=O) groups excluding carboxylic acids is 2. The minimum Gasteiger partial charge on any atom is -0.379 e. The Hall–Kier alpha value is -1.38. The van der Waals surface area contributed by atoms with E-state index >= 15 is 0 Å². The van der Waals surface area contributed by atoms with Gasteiger partial charge in [-0.2, -0.15) is 0 Å². The van der Waals surface area contributed by atoms with E-state index in [0.717, 1.165) is 39.4 Å². The predicted molar refractivity (Wildman–Crippen MR) is 87.1 cm³/mol. The van der Waals surface area contributed by atoms with E-state index in [9.17, 15) is 9.59 Å². The first-order valence-electron chi connectivity index (χ1n) is 8.27. The van der Waals surface area contributed by atoms with Crippen molar-refractivity contribution in [2.75, 3.05) is 73.2 Å². The number of hydrogen-bond donors (Lipinski definition) is 1. The molecule has 2 fully saturated rings. The molecule has 3 amide bonds. The van der Waals surface area contributed by atoms with Crippen molar-refractivity contribution in [3.63, 3.8) is 0 Å². The topological polar surface area (TPSA) is 68.4 Å². The molecule has 132 valence electrons. The van der Waals surface area contributed by atoms with Crippen LogP contribution in [-0.2, 0) is 9.53 Å². The molecule has 8 heteroatoms. The second-order valence-electron chi connectivity index (χ2n) is 6.38. The van der Waals surface area contributed by atoms with E-state index in [0.29, 0.717) is 19.8 Å². The van der Waals surface area contributed by atoms with Gasteiger partial charge in [-0.15, -0.1) is 0 Å². The number of nitrogens with zero attached hydrogens (tertiary/aromatic N) is 4. The molecule has 23 heavy (non-hydrogen) atoms. The van der Waals surface area contributed by atoms with Gasteiger partial charge in [0.2, 0.25) is 5.91 Å². The summed E-state index contributed by atoms with van der Waals surface area (Å²) in [5.41, 5.74) is 0. The van der Waals surface area contributed by atoms with Gasteiger partial charge in [-0.1, -0.05) is 0 Å². The highest BCUT2D eigenvalue weighted by molar-refractivity contribution is 5.89. The Labute approximate surface area is 138 Å². The average Bonchev–Trinajstić information content (AvgIpc) is 2.82. The van der Waals surface area contributed by atoms with Crippen LogP contribution in [0, 0.1) is 0 Å². The lowest BCUT2D eigenvalue weighted by molar-refractivity contribution is -0.128. The maximum absolute atomic E-state index is 12.3. The molecule has 1 unspecified atom stereocenters. The summed E-state index contributed by atoms with van der Waals surface area (Å²) in [6.07, 6.45) is 0. The molecule has 2 aliphatic rings. The first-order chi connectivity index (χ1) is 11.0. The third kappa shape index (κ3) is 5.05. The van der Waals surface area contributed by atoms with Crippen LogP contribution in [0.15, 0.2) is 0 Å². The maximum atomic E-state index is 12.3.